The van der Waals surface area contributed by atoms with Gasteiger partial charge in [-0.1, -0.05) is 0 Å². The van der Waals surface area contributed by atoms with Crippen molar-refractivity contribution in [1.82, 2.24) is 19.7 Å². The summed E-state index contributed by atoms with van der Waals surface area (Å²) >= 11 is 0. The minimum atomic E-state index is -1.40. The minimum Gasteiger partial charge on any atom is -0.494 e. The van der Waals surface area contributed by atoms with Crippen LogP contribution in [0.2, 0.25) is 0 Å². The predicted molar refractivity (Wildman–Crippen MR) is 87.0 cm³/mol. The molecule has 2 heterocycles. The minimum absolute atomic E-state index is 0.0477. The number of rotatable bonds is 5. The topological polar surface area (TPSA) is 119 Å². The lowest BCUT2D eigenvalue weighted by Crippen LogP contribution is -2.17. The van der Waals surface area contributed by atoms with Crippen LogP contribution >= 0.6 is 0 Å². The Bertz CT molecular complexity index is 958. The van der Waals surface area contributed by atoms with E-state index in [1.165, 1.54) is 19.5 Å². The number of methoxy groups -OCH3 is 1. The number of anilines is 1. The van der Waals surface area contributed by atoms with Crippen LogP contribution < -0.4 is 10.1 Å². The summed E-state index contributed by atoms with van der Waals surface area (Å²) in [5.41, 5.74) is -0.589. The molecule has 0 fully saturated rings. The van der Waals surface area contributed by atoms with Crippen molar-refractivity contribution >= 4 is 17.6 Å². The second-order valence-corrected chi connectivity index (χ2v) is 5.04. The molecule has 132 valence electrons. The van der Waals surface area contributed by atoms with Gasteiger partial charge in [-0.15, -0.1) is 10.2 Å². The average Bonchev–Trinajstić information content (AvgIpc) is 3.17. The molecule has 2 aromatic heterocycles. The lowest BCUT2D eigenvalue weighted by Gasteiger charge is -2.11. The fourth-order valence-corrected chi connectivity index (χ4v) is 2.16. The van der Waals surface area contributed by atoms with Gasteiger partial charge in [-0.3, -0.25) is 9.36 Å². The molecule has 0 aliphatic carbocycles. The van der Waals surface area contributed by atoms with Gasteiger partial charge in [-0.2, -0.15) is 0 Å². The van der Waals surface area contributed by atoms with Gasteiger partial charge < -0.3 is 15.2 Å². The van der Waals surface area contributed by atoms with E-state index in [1.54, 1.807) is 23.0 Å². The third-order valence-electron chi connectivity index (χ3n) is 3.42. The van der Waals surface area contributed by atoms with Crippen LogP contribution in [0.25, 0.3) is 5.82 Å². The third kappa shape index (κ3) is 3.34. The molecule has 0 spiro atoms. The van der Waals surface area contributed by atoms with E-state index < -0.39 is 23.3 Å². The Morgan fingerprint density at radius 1 is 1.27 bits per heavy atom. The van der Waals surface area contributed by atoms with Gasteiger partial charge in [0.25, 0.3) is 5.91 Å². The van der Waals surface area contributed by atoms with E-state index in [0.717, 1.165) is 12.1 Å². The highest BCUT2D eigenvalue weighted by Crippen LogP contribution is 2.26. The number of hydrogen-bond donors (Lipinski definition) is 2. The van der Waals surface area contributed by atoms with Crippen molar-refractivity contribution < 1.29 is 23.8 Å². The fraction of sp³-hybridized carbons (Fsp3) is 0.0625. The number of nitrogens with one attached hydrogen (secondary N) is 1. The van der Waals surface area contributed by atoms with Gasteiger partial charge in [-0.25, -0.2) is 14.2 Å². The van der Waals surface area contributed by atoms with Gasteiger partial charge in [0.2, 0.25) is 0 Å². The van der Waals surface area contributed by atoms with Crippen LogP contribution in [-0.4, -0.2) is 43.8 Å². The summed E-state index contributed by atoms with van der Waals surface area (Å²) < 4.78 is 20.1. The maximum Gasteiger partial charge on any atom is 0.337 e. The zero-order valence-corrected chi connectivity index (χ0v) is 13.4. The molecule has 0 unspecified atom stereocenters. The zero-order chi connectivity index (χ0) is 18.7. The Hall–Kier alpha value is -3.82. The van der Waals surface area contributed by atoms with Gasteiger partial charge >= 0.3 is 5.97 Å². The molecular formula is C16H12FN5O4. The highest BCUT2D eigenvalue weighted by molar-refractivity contribution is 6.06. The van der Waals surface area contributed by atoms with Crippen molar-refractivity contribution in [2.24, 2.45) is 0 Å². The number of aromatic carboxylic acids is 1. The van der Waals surface area contributed by atoms with Crippen molar-refractivity contribution in [1.29, 1.82) is 0 Å². The van der Waals surface area contributed by atoms with Crippen LogP contribution in [0, 0.1) is 5.82 Å². The molecule has 0 aliphatic rings. The van der Waals surface area contributed by atoms with E-state index in [0.29, 0.717) is 5.82 Å². The Kier molecular flexibility index (Phi) is 4.56. The first-order chi connectivity index (χ1) is 12.5. The number of hydrogen-bond acceptors (Lipinski definition) is 6. The number of amides is 1. The van der Waals surface area contributed by atoms with Crippen molar-refractivity contribution in [2.45, 2.75) is 0 Å². The number of halogens is 1. The number of carboxylic acid groups (broad SMARTS) is 1. The average molecular weight is 357 g/mol. The molecule has 3 rings (SSSR count). The van der Waals surface area contributed by atoms with Crippen LogP contribution in [0.5, 0.6) is 5.75 Å². The molecule has 9 nitrogen and oxygen atoms in total. The summed E-state index contributed by atoms with van der Waals surface area (Å²) in [5.74, 6) is -2.71. The molecule has 26 heavy (non-hydrogen) atoms. The van der Waals surface area contributed by atoms with Crippen LogP contribution in [0.15, 0.2) is 43.0 Å². The van der Waals surface area contributed by atoms with Crippen molar-refractivity contribution in [2.75, 3.05) is 12.4 Å². The first-order valence-corrected chi connectivity index (χ1v) is 7.24. The predicted octanol–water partition coefficient (Wildman–Crippen LogP) is 1.76. The lowest BCUT2D eigenvalue weighted by molar-refractivity contribution is 0.0697. The quantitative estimate of drug-likeness (QED) is 0.714. The molecule has 0 aliphatic heterocycles. The Morgan fingerprint density at radius 2 is 2.08 bits per heavy atom. The van der Waals surface area contributed by atoms with Crippen LogP contribution in [0.1, 0.15) is 20.8 Å². The number of aromatic nitrogens is 4. The number of benzene rings is 1. The maximum atomic E-state index is 13.7. The van der Waals surface area contributed by atoms with E-state index in [-0.39, 0.29) is 17.1 Å². The monoisotopic (exact) mass is 357 g/mol. The summed E-state index contributed by atoms with van der Waals surface area (Å²) in [4.78, 5) is 27.5. The number of nitrogens with zero attached hydrogens (tertiary/aromatic N) is 4. The van der Waals surface area contributed by atoms with E-state index in [2.05, 4.69) is 20.5 Å². The molecule has 0 saturated carbocycles. The summed E-state index contributed by atoms with van der Waals surface area (Å²) in [6, 6.07) is 4.82. The van der Waals surface area contributed by atoms with Crippen molar-refractivity contribution in [3.05, 3.63) is 60.1 Å². The van der Waals surface area contributed by atoms with Crippen LogP contribution in [0.4, 0.5) is 10.1 Å². The molecule has 1 amide bonds. The van der Waals surface area contributed by atoms with Crippen LogP contribution in [-0.2, 0) is 0 Å². The molecule has 0 saturated heterocycles. The molecule has 0 radical (unpaired) electrons. The summed E-state index contributed by atoms with van der Waals surface area (Å²) in [6.45, 7) is 0. The molecule has 3 aromatic rings. The molecule has 0 bridgehead atoms. The van der Waals surface area contributed by atoms with Crippen LogP contribution in [0.3, 0.4) is 0 Å². The second-order valence-electron chi connectivity index (χ2n) is 5.04. The summed E-state index contributed by atoms with van der Waals surface area (Å²) in [6.07, 6.45) is 4.75. The highest BCUT2D eigenvalue weighted by atomic mass is 19.1. The Morgan fingerprint density at radius 3 is 2.65 bits per heavy atom. The SMILES string of the molecule is COc1cc(NC(=O)c2ccc(-n3ccnc3)nn2)c(C(=O)O)cc1F. The first-order valence-electron chi connectivity index (χ1n) is 7.24. The number of carbonyl (C=O) groups is 2. The zero-order valence-electron chi connectivity index (χ0n) is 13.4. The van der Waals surface area contributed by atoms with Crippen molar-refractivity contribution in [3.8, 4) is 11.6 Å². The molecule has 2 N–H and O–H groups in total. The van der Waals surface area contributed by atoms with Gasteiger partial charge in [0, 0.05) is 18.5 Å². The largest absolute Gasteiger partial charge is 0.494 e. The van der Waals surface area contributed by atoms with Gasteiger partial charge in [0.1, 0.15) is 6.33 Å². The lowest BCUT2D eigenvalue weighted by atomic mass is 10.1. The Labute approximate surface area is 146 Å². The van der Waals surface area contributed by atoms with E-state index in [9.17, 15) is 19.1 Å². The van der Waals surface area contributed by atoms with E-state index in [1.807, 2.05) is 0 Å². The highest BCUT2D eigenvalue weighted by Gasteiger charge is 2.19. The Balaban J connectivity index is 1.86. The standard InChI is InChI=1S/C16H12FN5O4/c1-26-13-7-12(9(16(24)25)6-10(13)17)19-15(23)11-2-3-14(21-20-11)22-5-4-18-8-22/h2-8H,1H3,(H,19,23)(H,24,25). The van der Waals surface area contributed by atoms with E-state index >= 15 is 0 Å². The summed E-state index contributed by atoms with van der Waals surface area (Å²) in [7, 11) is 1.23. The molecule has 10 heteroatoms. The summed E-state index contributed by atoms with van der Waals surface area (Å²) in [5, 5.41) is 19.3. The third-order valence-corrected chi connectivity index (χ3v) is 3.42. The van der Waals surface area contributed by atoms with Gasteiger partial charge in [0.15, 0.2) is 23.1 Å². The number of ether oxygens (including phenoxy) is 1. The van der Waals surface area contributed by atoms with E-state index in [4.69, 9.17) is 4.74 Å². The first kappa shape index (κ1) is 17.0. The fourth-order valence-electron chi connectivity index (χ4n) is 2.16. The molecule has 1 aromatic carbocycles. The van der Waals surface area contributed by atoms with Gasteiger partial charge in [-0.05, 0) is 18.2 Å². The normalized spacial score (nSPS) is 10.4. The number of carbonyl (C=O) groups excluding carboxylic acids is 1. The van der Waals surface area contributed by atoms with Gasteiger partial charge in [0.05, 0.1) is 18.4 Å². The second kappa shape index (κ2) is 6.97. The molecule has 0 atom stereocenters. The number of carboxylic acids is 1. The molecular weight excluding hydrogens is 345 g/mol. The smallest absolute Gasteiger partial charge is 0.337 e. The number of imidazole rings is 1. The maximum absolute atomic E-state index is 13.7. The van der Waals surface area contributed by atoms with Crippen molar-refractivity contribution in [3.63, 3.8) is 0 Å².